The van der Waals surface area contributed by atoms with Crippen molar-refractivity contribution in [2.45, 2.75) is 25.2 Å². The molecule has 2 heterocycles. The predicted octanol–water partition coefficient (Wildman–Crippen LogP) is 2.06. The maximum atomic E-state index is 11.4. The minimum absolute atomic E-state index is 0.127. The van der Waals surface area contributed by atoms with E-state index in [4.69, 9.17) is 10.2 Å². The summed E-state index contributed by atoms with van der Waals surface area (Å²) < 4.78 is 16.7. The highest BCUT2D eigenvalue weighted by atomic mass is 32.1. The zero-order valence-corrected chi connectivity index (χ0v) is 11.7. The summed E-state index contributed by atoms with van der Waals surface area (Å²) >= 11 is 1.37. The molecule has 1 fully saturated rings. The molecule has 8 heteroatoms. The molecule has 0 amide bonds. The van der Waals surface area contributed by atoms with Crippen LogP contribution in [0.5, 0.6) is 0 Å². The smallest absolute Gasteiger partial charge is 0.360 e. The van der Waals surface area contributed by atoms with Crippen molar-refractivity contribution in [3.05, 3.63) is 17.2 Å². The third-order valence-electron chi connectivity index (χ3n) is 3.32. The number of rotatable bonds is 3. The summed E-state index contributed by atoms with van der Waals surface area (Å²) in [6.07, 6.45) is 4.54. The van der Waals surface area contributed by atoms with Crippen LogP contribution in [-0.4, -0.2) is 14.8 Å². The monoisotopic (exact) mass is 300 g/mol. The number of nitrogens with two attached hydrogens (primary N) is 1. The largest absolute Gasteiger partial charge is 0.462 e. The molecule has 2 aromatic rings. The fourth-order valence-corrected chi connectivity index (χ4v) is 3.85. The summed E-state index contributed by atoms with van der Waals surface area (Å²) in [7, 11) is -4.37. The van der Waals surface area contributed by atoms with Gasteiger partial charge in [-0.15, -0.1) is 11.3 Å². The molecule has 0 aliphatic heterocycles. The number of nitrogens with zero attached hydrogens (tertiary/aromatic N) is 1. The van der Waals surface area contributed by atoms with Crippen molar-refractivity contribution in [3.8, 4) is 11.5 Å². The third kappa shape index (κ3) is 2.23. The van der Waals surface area contributed by atoms with Crippen LogP contribution in [0.2, 0.25) is 0 Å². The number of thiazole rings is 1. The van der Waals surface area contributed by atoms with E-state index in [9.17, 15) is 14.4 Å². The molecule has 0 spiro atoms. The Morgan fingerprint density at radius 3 is 2.79 bits per heavy atom. The highest BCUT2D eigenvalue weighted by molar-refractivity contribution is 7.60. The average Bonchev–Trinajstić information content (AvgIpc) is 2.80. The van der Waals surface area contributed by atoms with E-state index in [2.05, 4.69) is 4.98 Å². The molecule has 1 aliphatic rings. The second kappa shape index (κ2) is 4.45. The molecule has 0 saturated heterocycles. The van der Waals surface area contributed by atoms with Crippen LogP contribution in [0.1, 0.15) is 30.1 Å². The van der Waals surface area contributed by atoms with E-state index in [1.165, 1.54) is 23.7 Å². The van der Waals surface area contributed by atoms with Gasteiger partial charge in [-0.2, -0.15) is 0 Å². The van der Waals surface area contributed by atoms with E-state index in [1.54, 1.807) is 0 Å². The van der Waals surface area contributed by atoms with Crippen molar-refractivity contribution in [1.82, 2.24) is 4.98 Å². The van der Waals surface area contributed by atoms with Gasteiger partial charge in [0.2, 0.25) is 0 Å². The van der Waals surface area contributed by atoms with E-state index in [0.717, 1.165) is 24.1 Å². The lowest BCUT2D eigenvalue weighted by Crippen LogP contribution is -2.10. The quantitative estimate of drug-likeness (QED) is 0.748. The van der Waals surface area contributed by atoms with Gasteiger partial charge in [0, 0.05) is 4.88 Å². The number of anilines is 1. The van der Waals surface area contributed by atoms with Gasteiger partial charge in [0.25, 0.3) is 0 Å². The SMILES string of the molecule is Nc1nc(-c2occc2P(=O)(O)O)c(C2CCC2)s1. The Hall–Kier alpha value is -1.14. The summed E-state index contributed by atoms with van der Waals surface area (Å²) in [6.45, 7) is 0. The van der Waals surface area contributed by atoms with Gasteiger partial charge in [0.15, 0.2) is 10.9 Å². The fourth-order valence-electron chi connectivity index (χ4n) is 2.17. The Bertz CT molecular complexity index is 655. The van der Waals surface area contributed by atoms with E-state index in [0.29, 0.717) is 16.7 Å². The molecule has 2 aromatic heterocycles. The van der Waals surface area contributed by atoms with Crippen LogP contribution in [0.15, 0.2) is 16.7 Å². The van der Waals surface area contributed by atoms with Crippen molar-refractivity contribution < 1.29 is 18.8 Å². The van der Waals surface area contributed by atoms with Crippen molar-refractivity contribution in [2.75, 3.05) is 5.73 Å². The lowest BCUT2D eigenvalue weighted by atomic mass is 9.83. The Morgan fingerprint density at radius 1 is 1.47 bits per heavy atom. The van der Waals surface area contributed by atoms with E-state index >= 15 is 0 Å². The molecule has 0 unspecified atom stereocenters. The summed E-state index contributed by atoms with van der Waals surface area (Å²) in [5.74, 6) is 0.516. The Morgan fingerprint density at radius 2 is 2.21 bits per heavy atom. The van der Waals surface area contributed by atoms with Gasteiger partial charge in [0.1, 0.15) is 11.0 Å². The molecule has 0 aromatic carbocycles. The van der Waals surface area contributed by atoms with E-state index < -0.39 is 7.60 Å². The first kappa shape index (κ1) is 12.9. The molecule has 19 heavy (non-hydrogen) atoms. The zero-order valence-electron chi connectivity index (χ0n) is 9.94. The average molecular weight is 300 g/mol. The van der Waals surface area contributed by atoms with Crippen molar-refractivity contribution in [3.63, 3.8) is 0 Å². The van der Waals surface area contributed by atoms with Crippen LogP contribution >= 0.6 is 18.9 Å². The van der Waals surface area contributed by atoms with Crippen molar-refractivity contribution in [2.24, 2.45) is 0 Å². The highest BCUT2D eigenvalue weighted by Crippen LogP contribution is 2.46. The maximum absolute atomic E-state index is 11.4. The summed E-state index contributed by atoms with van der Waals surface area (Å²) in [6, 6.07) is 1.29. The van der Waals surface area contributed by atoms with E-state index in [1.807, 2.05) is 0 Å². The number of aromatic nitrogens is 1. The Balaban J connectivity index is 2.12. The lowest BCUT2D eigenvalue weighted by molar-refractivity contribution is 0.387. The fraction of sp³-hybridized carbons (Fsp3) is 0.364. The summed E-state index contributed by atoms with van der Waals surface area (Å²) in [5, 5.41) is 0.267. The van der Waals surface area contributed by atoms with Crippen LogP contribution in [0.3, 0.4) is 0 Å². The van der Waals surface area contributed by atoms with E-state index in [-0.39, 0.29) is 11.1 Å². The van der Waals surface area contributed by atoms with Crippen LogP contribution in [0, 0.1) is 0 Å². The molecular formula is C11H13N2O4PS. The normalized spacial score (nSPS) is 16.5. The number of nitrogen functional groups attached to an aromatic ring is 1. The molecule has 0 radical (unpaired) electrons. The van der Waals surface area contributed by atoms with Gasteiger partial charge in [-0.1, -0.05) is 6.42 Å². The first-order chi connectivity index (χ1) is 8.97. The molecule has 3 rings (SSSR count). The molecule has 102 valence electrons. The molecule has 4 N–H and O–H groups in total. The minimum atomic E-state index is -4.37. The molecule has 1 saturated carbocycles. The van der Waals surface area contributed by atoms with Crippen molar-refractivity contribution in [1.29, 1.82) is 0 Å². The van der Waals surface area contributed by atoms with Gasteiger partial charge < -0.3 is 19.9 Å². The standard InChI is InChI=1S/C11H13N2O4PS/c12-11-13-8(10(19-11)6-2-1-3-6)9-7(4-5-17-9)18(14,15)16/h4-6H,1-3H2,(H2,12,13)(H2,14,15,16). The number of furan rings is 1. The maximum Gasteiger partial charge on any atom is 0.360 e. The van der Waals surface area contributed by atoms with Gasteiger partial charge in [-0.3, -0.25) is 4.57 Å². The van der Waals surface area contributed by atoms with Gasteiger partial charge in [0.05, 0.1) is 6.26 Å². The van der Waals surface area contributed by atoms with Gasteiger partial charge >= 0.3 is 7.60 Å². The topological polar surface area (TPSA) is 110 Å². The van der Waals surface area contributed by atoms with Gasteiger partial charge in [-0.05, 0) is 24.8 Å². The Kier molecular flexibility index (Phi) is 3.02. The molecule has 6 nitrogen and oxygen atoms in total. The van der Waals surface area contributed by atoms with Crippen LogP contribution < -0.4 is 11.0 Å². The molecular weight excluding hydrogens is 287 g/mol. The molecule has 0 bridgehead atoms. The third-order valence-corrected chi connectivity index (χ3v) is 5.35. The number of hydrogen-bond donors (Lipinski definition) is 3. The predicted molar refractivity (Wildman–Crippen MR) is 72.5 cm³/mol. The van der Waals surface area contributed by atoms with Crippen LogP contribution in [0.25, 0.3) is 11.5 Å². The second-order valence-electron chi connectivity index (χ2n) is 4.57. The minimum Gasteiger partial charge on any atom is -0.462 e. The summed E-state index contributed by atoms with van der Waals surface area (Å²) in [4.78, 5) is 23.8. The van der Waals surface area contributed by atoms with Gasteiger partial charge in [-0.25, -0.2) is 4.98 Å². The Labute approximate surface area is 113 Å². The van der Waals surface area contributed by atoms with Crippen LogP contribution in [0.4, 0.5) is 5.13 Å². The zero-order chi connectivity index (χ0) is 13.6. The number of hydrogen-bond acceptors (Lipinski definition) is 5. The molecule has 0 atom stereocenters. The lowest BCUT2D eigenvalue weighted by Gasteiger charge is -2.24. The second-order valence-corrected chi connectivity index (χ2v) is 7.20. The van der Waals surface area contributed by atoms with Crippen molar-refractivity contribution >= 4 is 29.4 Å². The van der Waals surface area contributed by atoms with Crippen LogP contribution in [-0.2, 0) is 4.57 Å². The summed E-state index contributed by atoms with van der Waals surface area (Å²) in [5.41, 5.74) is 6.21. The first-order valence-corrected chi connectivity index (χ1v) is 8.30. The molecule has 1 aliphatic carbocycles. The highest BCUT2D eigenvalue weighted by Gasteiger charge is 2.32. The first-order valence-electron chi connectivity index (χ1n) is 5.87.